The van der Waals surface area contributed by atoms with E-state index in [4.69, 9.17) is 4.52 Å². The van der Waals surface area contributed by atoms with Crippen LogP contribution in [0.5, 0.6) is 0 Å². The molecule has 0 bridgehead atoms. The highest BCUT2D eigenvalue weighted by atomic mass is 16.5. The van der Waals surface area contributed by atoms with Gasteiger partial charge in [-0.1, -0.05) is 24.4 Å². The van der Waals surface area contributed by atoms with Crippen LogP contribution < -0.4 is 5.32 Å². The lowest BCUT2D eigenvalue weighted by Gasteiger charge is -2.50. The molecule has 1 aromatic rings. The van der Waals surface area contributed by atoms with Crippen LogP contribution in [0.15, 0.2) is 10.6 Å². The van der Waals surface area contributed by atoms with Crippen LogP contribution in [-0.4, -0.2) is 34.0 Å². The molecule has 0 radical (unpaired) electrons. The number of hydrogen-bond acceptors (Lipinski definition) is 4. The Balaban J connectivity index is 1.66. The number of carbonyl (C=O) groups excluding carboxylic acids is 2. The molecular formula is C16H23N3O3. The summed E-state index contributed by atoms with van der Waals surface area (Å²) in [5.41, 5.74) is -0.763. The van der Waals surface area contributed by atoms with Crippen molar-refractivity contribution in [2.75, 3.05) is 11.9 Å². The average molecular weight is 305 g/mol. The molecule has 1 unspecified atom stereocenters. The third kappa shape index (κ3) is 2.62. The number of aryl methyl sites for hydroxylation is 1. The fourth-order valence-corrected chi connectivity index (χ4v) is 3.39. The summed E-state index contributed by atoms with van der Waals surface area (Å²) in [6.07, 6.45) is 6.04. The molecule has 6 nitrogen and oxygen atoms in total. The zero-order valence-electron chi connectivity index (χ0n) is 13.2. The van der Waals surface area contributed by atoms with Gasteiger partial charge in [0.25, 0.3) is 5.91 Å². The second-order valence-corrected chi connectivity index (χ2v) is 6.63. The maximum atomic E-state index is 12.7. The van der Waals surface area contributed by atoms with Gasteiger partial charge in [0.1, 0.15) is 11.3 Å². The number of hydrogen-bond donors (Lipinski definition) is 1. The van der Waals surface area contributed by atoms with Gasteiger partial charge in [-0.05, 0) is 33.1 Å². The Bertz CT molecular complexity index is 577. The predicted molar refractivity (Wildman–Crippen MR) is 81.2 cm³/mol. The van der Waals surface area contributed by atoms with Gasteiger partial charge in [-0.3, -0.25) is 9.59 Å². The molecule has 1 N–H and O–H groups in total. The van der Waals surface area contributed by atoms with Crippen LogP contribution in [0.3, 0.4) is 0 Å². The van der Waals surface area contributed by atoms with Crippen LogP contribution in [0, 0.1) is 12.8 Å². The molecule has 6 heteroatoms. The standard InChI is InChI=1S/C16H23N3O3/c1-11-10-13(18-22-11)17-15(21)16(2)8-9-19(16)14(20)12-6-4-3-5-7-12/h10,12H,3-9H2,1-2H3,(H,17,18,21). The van der Waals surface area contributed by atoms with Crippen molar-refractivity contribution in [1.29, 1.82) is 0 Å². The molecule has 2 aliphatic rings. The topological polar surface area (TPSA) is 75.4 Å². The van der Waals surface area contributed by atoms with Crippen LogP contribution in [-0.2, 0) is 9.59 Å². The minimum absolute atomic E-state index is 0.0930. The molecule has 1 atom stereocenters. The number of aromatic nitrogens is 1. The first-order chi connectivity index (χ1) is 10.5. The molecule has 0 spiro atoms. The van der Waals surface area contributed by atoms with Crippen molar-refractivity contribution < 1.29 is 14.1 Å². The summed E-state index contributed by atoms with van der Waals surface area (Å²) in [6, 6.07) is 1.67. The van der Waals surface area contributed by atoms with E-state index >= 15 is 0 Å². The number of nitrogens with one attached hydrogen (secondary N) is 1. The molecule has 1 aliphatic heterocycles. The van der Waals surface area contributed by atoms with E-state index in [9.17, 15) is 9.59 Å². The SMILES string of the molecule is Cc1cc(NC(=O)C2(C)CCN2C(=O)C2CCCCC2)no1. The van der Waals surface area contributed by atoms with Crippen molar-refractivity contribution in [2.45, 2.75) is 57.9 Å². The lowest BCUT2D eigenvalue weighted by molar-refractivity contribution is -0.158. The second kappa shape index (κ2) is 5.74. The molecule has 1 aromatic heterocycles. The lowest BCUT2D eigenvalue weighted by Crippen LogP contribution is -2.67. The number of rotatable bonds is 3. The molecule has 1 saturated carbocycles. The van der Waals surface area contributed by atoms with E-state index in [0.29, 0.717) is 24.5 Å². The van der Waals surface area contributed by atoms with E-state index in [2.05, 4.69) is 10.5 Å². The third-order valence-electron chi connectivity index (χ3n) is 5.00. The highest BCUT2D eigenvalue weighted by Crippen LogP contribution is 2.36. The van der Waals surface area contributed by atoms with Gasteiger partial charge in [0.05, 0.1) is 0 Å². The molecule has 120 valence electrons. The van der Waals surface area contributed by atoms with Gasteiger partial charge in [0, 0.05) is 18.5 Å². The van der Waals surface area contributed by atoms with E-state index in [0.717, 1.165) is 25.7 Å². The first-order valence-corrected chi connectivity index (χ1v) is 8.07. The van der Waals surface area contributed by atoms with Gasteiger partial charge in [-0.2, -0.15) is 0 Å². The van der Waals surface area contributed by atoms with E-state index in [-0.39, 0.29) is 17.7 Å². The molecule has 2 heterocycles. The number of likely N-dealkylation sites (tertiary alicyclic amines) is 1. The number of anilines is 1. The maximum absolute atomic E-state index is 12.7. The smallest absolute Gasteiger partial charge is 0.251 e. The maximum Gasteiger partial charge on any atom is 0.251 e. The van der Waals surface area contributed by atoms with Crippen LogP contribution in [0.1, 0.15) is 51.2 Å². The summed E-state index contributed by atoms with van der Waals surface area (Å²) in [4.78, 5) is 26.9. The summed E-state index contributed by atoms with van der Waals surface area (Å²) in [5.74, 6) is 1.09. The summed E-state index contributed by atoms with van der Waals surface area (Å²) in [6.45, 7) is 4.27. The largest absolute Gasteiger partial charge is 0.360 e. The molecule has 1 aliphatic carbocycles. The molecular weight excluding hydrogens is 282 g/mol. The number of nitrogens with zero attached hydrogens (tertiary/aromatic N) is 2. The van der Waals surface area contributed by atoms with Gasteiger partial charge in [0.2, 0.25) is 5.91 Å². The average Bonchev–Trinajstić information content (AvgIpc) is 2.91. The Kier molecular flexibility index (Phi) is 3.93. The quantitative estimate of drug-likeness (QED) is 0.931. The van der Waals surface area contributed by atoms with Crippen molar-refractivity contribution in [3.8, 4) is 0 Å². The van der Waals surface area contributed by atoms with Crippen molar-refractivity contribution in [3.63, 3.8) is 0 Å². The van der Waals surface area contributed by atoms with Crippen molar-refractivity contribution in [3.05, 3.63) is 11.8 Å². The minimum Gasteiger partial charge on any atom is -0.360 e. The fourth-order valence-electron chi connectivity index (χ4n) is 3.39. The summed E-state index contributed by atoms with van der Waals surface area (Å²) < 4.78 is 4.95. The molecule has 22 heavy (non-hydrogen) atoms. The number of carbonyl (C=O) groups is 2. The Hall–Kier alpha value is -1.85. The van der Waals surface area contributed by atoms with E-state index < -0.39 is 5.54 Å². The van der Waals surface area contributed by atoms with Crippen LogP contribution >= 0.6 is 0 Å². The van der Waals surface area contributed by atoms with Gasteiger partial charge in [-0.15, -0.1) is 0 Å². The Morgan fingerprint density at radius 1 is 1.36 bits per heavy atom. The van der Waals surface area contributed by atoms with E-state index in [1.54, 1.807) is 17.9 Å². The molecule has 2 amide bonds. The first kappa shape index (κ1) is 15.1. The van der Waals surface area contributed by atoms with Gasteiger partial charge in [0.15, 0.2) is 5.82 Å². The number of amides is 2. The highest BCUT2D eigenvalue weighted by Gasteiger charge is 2.50. The summed E-state index contributed by atoms with van der Waals surface area (Å²) >= 11 is 0. The highest BCUT2D eigenvalue weighted by molar-refractivity contribution is 6.01. The molecule has 0 aromatic carbocycles. The second-order valence-electron chi connectivity index (χ2n) is 6.63. The van der Waals surface area contributed by atoms with Crippen molar-refractivity contribution in [2.24, 2.45) is 5.92 Å². The zero-order chi connectivity index (χ0) is 15.7. The zero-order valence-corrected chi connectivity index (χ0v) is 13.2. The monoisotopic (exact) mass is 305 g/mol. The lowest BCUT2D eigenvalue weighted by atomic mass is 9.81. The Morgan fingerprint density at radius 2 is 2.09 bits per heavy atom. The third-order valence-corrected chi connectivity index (χ3v) is 5.00. The van der Waals surface area contributed by atoms with Crippen LogP contribution in [0.2, 0.25) is 0 Å². The van der Waals surface area contributed by atoms with Gasteiger partial charge in [-0.25, -0.2) is 0 Å². The summed E-state index contributed by atoms with van der Waals surface area (Å²) in [7, 11) is 0. The normalized spacial score (nSPS) is 25.6. The van der Waals surface area contributed by atoms with Gasteiger partial charge >= 0.3 is 0 Å². The van der Waals surface area contributed by atoms with Gasteiger partial charge < -0.3 is 14.7 Å². The van der Waals surface area contributed by atoms with Crippen LogP contribution in [0.4, 0.5) is 5.82 Å². The first-order valence-electron chi connectivity index (χ1n) is 8.07. The van der Waals surface area contributed by atoms with Crippen molar-refractivity contribution in [1.82, 2.24) is 10.1 Å². The predicted octanol–water partition coefficient (Wildman–Crippen LogP) is 2.49. The molecule has 2 fully saturated rings. The van der Waals surface area contributed by atoms with E-state index in [1.807, 2.05) is 6.92 Å². The van der Waals surface area contributed by atoms with Crippen LogP contribution in [0.25, 0.3) is 0 Å². The van der Waals surface area contributed by atoms with Crippen molar-refractivity contribution >= 4 is 17.6 Å². The molecule has 3 rings (SSSR count). The summed E-state index contributed by atoms with van der Waals surface area (Å²) in [5, 5.41) is 6.53. The minimum atomic E-state index is -0.763. The Morgan fingerprint density at radius 3 is 2.64 bits per heavy atom. The molecule has 1 saturated heterocycles. The van der Waals surface area contributed by atoms with E-state index in [1.165, 1.54) is 6.42 Å². The fraction of sp³-hybridized carbons (Fsp3) is 0.688. The Labute approximate surface area is 130 Å².